The SMILES string of the molecule is CNC(C1CCC1)C1CCCN1C(=O)OC(C)(C)C. The normalized spacial score (nSPS) is 26.1. The number of ether oxygens (including phenoxy) is 1. The molecule has 0 aromatic rings. The smallest absolute Gasteiger partial charge is 0.410 e. The predicted molar refractivity (Wildman–Crippen MR) is 76.2 cm³/mol. The number of nitrogens with one attached hydrogen (secondary N) is 1. The number of hydrogen-bond acceptors (Lipinski definition) is 3. The summed E-state index contributed by atoms with van der Waals surface area (Å²) in [6.07, 6.45) is 5.97. The van der Waals surface area contributed by atoms with Gasteiger partial charge in [0.2, 0.25) is 0 Å². The molecular formula is C15H28N2O2. The van der Waals surface area contributed by atoms with Crippen LogP contribution in [0.25, 0.3) is 0 Å². The van der Waals surface area contributed by atoms with Crippen molar-refractivity contribution in [3.8, 4) is 0 Å². The second kappa shape index (κ2) is 5.70. The highest BCUT2D eigenvalue weighted by Crippen LogP contribution is 2.35. The molecule has 1 aliphatic carbocycles. The first-order valence-corrected chi connectivity index (χ1v) is 7.59. The Hall–Kier alpha value is -0.770. The Labute approximate surface area is 116 Å². The molecule has 2 atom stereocenters. The van der Waals surface area contributed by atoms with E-state index in [1.807, 2.05) is 32.7 Å². The molecule has 110 valence electrons. The largest absolute Gasteiger partial charge is 0.444 e. The number of carbonyl (C=O) groups is 1. The van der Waals surface area contributed by atoms with Gasteiger partial charge in [0.1, 0.15) is 5.60 Å². The lowest BCUT2D eigenvalue weighted by Crippen LogP contribution is -2.53. The van der Waals surface area contributed by atoms with Crippen molar-refractivity contribution in [2.45, 2.75) is 70.6 Å². The maximum absolute atomic E-state index is 12.3. The van der Waals surface area contributed by atoms with E-state index in [9.17, 15) is 4.79 Å². The number of likely N-dealkylation sites (N-methyl/N-ethyl adjacent to an activating group) is 1. The van der Waals surface area contributed by atoms with Crippen molar-refractivity contribution < 1.29 is 9.53 Å². The third-order valence-electron chi connectivity index (χ3n) is 4.33. The fourth-order valence-electron chi connectivity index (χ4n) is 3.25. The second-order valence-corrected chi connectivity index (χ2v) is 6.89. The Morgan fingerprint density at radius 1 is 1.26 bits per heavy atom. The summed E-state index contributed by atoms with van der Waals surface area (Å²) in [5.74, 6) is 0.734. The first-order valence-electron chi connectivity index (χ1n) is 7.59. The zero-order valence-corrected chi connectivity index (χ0v) is 12.7. The standard InChI is InChI=1S/C15H28N2O2/c1-15(2,3)19-14(18)17-10-6-9-12(17)13(16-4)11-7-5-8-11/h11-13,16H,5-10H2,1-4H3. The van der Waals surface area contributed by atoms with Gasteiger partial charge in [-0.05, 0) is 59.4 Å². The van der Waals surface area contributed by atoms with Crippen LogP contribution in [0.3, 0.4) is 0 Å². The monoisotopic (exact) mass is 268 g/mol. The van der Waals surface area contributed by atoms with Crippen molar-refractivity contribution in [2.75, 3.05) is 13.6 Å². The fourth-order valence-corrected chi connectivity index (χ4v) is 3.25. The molecule has 1 saturated carbocycles. The highest BCUT2D eigenvalue weighted by atomic mass is 16.6. The molecule has 2 rings (SSSR count). The molecule has 2 unspecified atom stereocenters. The van der Waals surface area contributed by atoms with Crippen LogP contribution in [0.15, 0.2) is 0 Å². The van der Waals surface area contributed by atoms with Gasteiger partial charge >= 0.3 is 6.09 Å². The topological polar surface area (TPSA) is 41.6 Å². The summed E-state index contributed by atoms with van der Waals surface area (Å²) < 4.78 is 5.54. The molecule has 1 N–H and O–H groups in total. The molecule has 1 aliphatic heterocycles. The molecule has 1 heterocycles. The molecule has 4 nitrogen and oxygen atoms in total. The van der Waals surface area contributed by atoms with Crippen LogP contribution in [0.2, 0.25) is 0 Å². The van der Waals surface area contributed by atoms with Gasteiger partial charge in [-0.2, -0.15) is 0 Å². The zero-order valence-electron chi connectivity index (χ0n) is 12.7. The van der Waals surface area contributed by atoms with Crippen LogP contribution in [-0.4, -0.2) is 42.3 Å². The highest BCUT2D eigenvalue weighted by molar-refractivity contribution is 5.69. The predicted octanol–water partition coefficient (Wildman–Crippen LogP) is 2.77. The van der Waals surface area contributed by atoms with Gasteiger partial charge < -0.3 is 15.0 Å². The molecule has 0 bridgehead atoms. The van der Waals surface area contributed by atoms with Crippen LogP contribution in [0.5, 0.6) is 0 Å². The van der Waals surface area contributed by atoms with Gasteiger partial charge in [0.15, 0.2) is 0 Å². The van der Waals surface area contributed by atoms with E-state index in [1.54, 1.807) is 0 Å². The van der Waals surface area contributed by atoms with Crippen molar-refractivity contribution in [3.05, 3.63) is 0 Å². The van der Waals surface area contributed by atoms with E-state index in [4.69, 9.17) is 4.74 Å². The number of likely N-dealkylation sites (tertiary alicyclic amines) is 1. The second-order valence-electron chi connectivity index (χ2n) is 6.89. The molecular weight excluding hydrogens is 240 g/mol. The summed E-state index contributed by atoms with van der Waals surface area (Å²) in [6, 6.07) is 0.744. The van der Waals surface area contributed by atoms with E-state index >= 15 is 0 Å². The summed E-state index contributed by atoms with van der Waals surface area (Å²) in [4.78, 5) is 14.2. The van der Waals surface area contributed by atoms with Gasteiger partial charge in [-0.3, -0.25) is 0 Å². The number of carbonyl (C=O) groups excluding carboxylic acids is 1. The molecule has 0 aromatic heterocycles. The van der Waals surface area contributed by atoms with Crippen LogP contribution in [0.1, 0.15) is 52.9 Å². The van der Waals surface area contributed by atoms with Crippen LogP contribution < -0.4 is 5.32 Å². The van der Waals surface area contributed by atoms with Crippen LogP contribution in [0.4, 0.5) is 4.79 Å². The lowest BCUT2D eigenvalue weighted by atomic mass is 9.76. The minimum absolute atomic E-state index is 0.144. The lowest BCUT2D eigenvalue weighted by Gasteiger charge is -2.40. The Kier molecular flexibility index (Phi) is 4.39. The van der Waals surface area contributed by atoms with E-state index in [-0.39, 0.29) is 6.09 Å². The van der Waals surface area contributed by atoms with Crippen LogP contribution in [-0.2, 0) is 4.74 Å². The Morgan fingerprint density at radius 3 is 2.42 bits per heavy atom. The Morgan fingerprint density at radius 2 is 1.95 bits per heavy atom. The van der Waals surface area contributed by atoms with Crippen LogP contribution in [0, 0.1) is 5.92 Å². The minimum atomic E-state index is -0.407. The third-order valence-corrected chi connectivity index (χ3v) is 4.33. The maximum atomic E-state index is 12.3. The van der Waals surface area contributed by atoms with E-state index in [2.05, 4.69) is 5.32 Å². The molecule has 1 saturated heterocycles. The first-order chi connectivity index (χ1) is 8.92. The van der Waals surface area contributed by atoms with Crippen molar-refractivity contribution >= 4 is 6.09 Å². The summed E-state index contributed by atoms with van der Waals surface area (Å²) in [5, 5.41) is 3.44. The summed E-state index contributed by atoms with van der Waals surface area (Å²) in [5.41, 5.74) is -0.407. The summed E-state index contributed by atoms with van der Waals surface area (Å²) >= 11 is 0. The van der Waals surface area contributed by atoms with Gasteiger partial charge in [-0.25, -0.2) is 4.79 Å². The molecule has 0 radical (unpaired) electrons. The molecule has 0 spiro atoms. The van der Waals surface area contributed by atoms with Crippen LogP contribution >= 0.6 is 0 Å². The number of rotatable bonds is 3. The molecule has 0 aromatic carbocycles. The zero-order chi connectivity index (χ0) is 14.0. The molecule has 19 heavy (non-hydrogen) atoms. The van der Waals surface area contributed by atoms with E-state index in [1.165, 1.54) is 19.3 Å². The summed E-state index contributed by atoms with van der Waals surface area (Å²) in [7, 11) is 2.02. The van der Waals surface area contributed by atoms with Crippen molar-refractivity contribution in [2.24, 2.45) is 5.92 Å². The first kappa shape index (κ1) is 14.6. The van der Waals surface area contributed by atoms with Gasteiger partial charge in [-0.15, -0.1) is 0 Å². The highest BCUT2D eigenvalue weighted by Gasteiger charge is 2.40. The molecule has 2 aliphatic rings. The Bertz CT molecular complexity index is 321. The number of amides is 1. The molecule has 4 heteroatoms. The average molecular weight is 268 g/mol. The minimum Gasteiger partial charge on any atom is -0.444 e. The van der Waals surface area contributed by atoms with E-state index in [0.29, 0.717) is 12.1 Å². The molecule has 1 amide bonds. The van der Waals surface area contributed by atoms with Gasteiger partial charge in [0.05, 0.1) is 6.04 Å². The van der Waals surface area contributed by atoms with Crippen molar-refractivity contribution in [1.29, 1.82) is 0 Å². The van der Waals surface area contributed by atoms with E-state index in [0.717, 1.165) is 25.3 Å². The quantitative estimate of drug-likeness (QED) is 0.855. The lowest BCUT2D eigenvalue weighted by molar-refractivity contribution is 0.0154. The Balaban J connectivity index is 2.00. The van der Waals surface area contributed by atoms with Gasteiger partial charge in [-0.1, -0.05) is 6.42 Å². The van der Waals surface area contributed by atoms with Crippen molar-refractivity contribution in [3.63, 3.8) is 0 Å². The van der Waals surface area contributed by atoms with Gasteiger partial charge in [0, 0.05) is 12.6 Å². The average Bonchev–Trinajstić information content (AvgIpc) is 2.68. The third kappa shape index (κ3) is 3.41. The summed E-state index contributed by atoms with van der Waals surface area (Å²) in [6.45, 7) is 6.62. The van der Waals surface area contributed by atoms with Crippen molar-refractivity contribution in [1.82, 2.24) is 10.2 Å². The van der Waals surface area contributed by atoms with E-state index < -0.39 is 5.60 Å². The van der Waals surface area contributed by atoms with Gasteiger partial charge in [0.25, 0.3) is 0 Å². The number of hydrogen-bond donors (Lipinski definition) is 1. The maximum Gasteiger partial charge on any atom is 0.410 e. The molecule has 2 fully saturated rings. The fraction of sp³-hybridized carbons (Fsp3) is 0.933. The number of nitrogens with zero attached hydrogens (tertiary/aromatic N) is 1.